The fraction of sp³-hybridized carbons (Fsp3) is 0.538. The molecular weight excluding hydrogens is 228 g/mol. The second-order valence-corrected chi connectivity index (χ2v) is 5.03. The molecule has 2 aromatic rings. The fourth-order valence-corrected chi connectivity index (χ4v) is 2.66. The van der Waals surface area contributed by atoms with Gasteiger partial charge in [0.05, 0.1) is 11.8 Å². The number of nitrogens with one attached hydrogen (secondary N) is 1. The highest BCUT2D eigenvalue weighted by Gasteiger charge is 2.25. The van der Waals surface area contributed by atoms with Crippen LogP contribution in [0.5, 0.6) is 0 Å². The lowest BCUT2D eigenvalue weighted by atomic mass is 10.1. The lowest BCUT2D eigenvalue weighted by Crippen LogP contribution is -2.22. The summed E-state index contributed by atoms with van der Waals surface area (Å²) < 4.78 is 1.83. The van der Waals surface area contributed by atoms with E-state index in [4.69, 9.17) is 0 Å². The van der Waals surface area contributed by atoms with Crippen LogP contribution in [-0.4, -0.2) is 32.4 Å². The number of hydrogen-bond donors (Lipinski definition) is 2. The van der Waals surface area contributed by atoms with Gasteiger partial charge in [-0.05, 0) is 25.8 Å². The molecule has 1 saturated carbocycles. The minimum absolute atomic E-state index is 0.163. The maximum absolute atomic E-state index is 9.81. The Labute approximate surface area is 106 Å². The number of aromatic nitrogens is 3. The first kappa shape index (κ1) is 11.5. The van der Waals surface area contributed by atoms with E-state index in [9.17, 15) is 5.11 Å². The number of aryl methyl sites for hydroxylation is 1. The van der Waals surface area contributed by atoms with Crippen molar-refractivity contribution < 1.29 is 5.11 Å². The van der Waals surface area contributed by atoms with Gasteiger partial charge >= 0.3 is 0 Å². The summed E-state index contributed by atoms with van der Waals surface area (Å²) in [5.74, 6) is 1.19. The van der Waals surface area contributed by atoms with Crippen molar-refractivity contribution in [1.29, 1.82) is 0 Å². The van der Waals surface area contributed by atoms with Crippen LogP contribution in [0.1, 0.15) is 25.0 Å². The Bertz CT molecular complexity index is 551. The number of rotatable bonds is 3. The standard InChI is InChI=1S/C13H18N4O/c1-9-7-11-13(14-5-6-17(11)16-9)15-8-10-3-2-4-12(10)18/h5-7,10,12,18H,2-4,8H2,1H3,(H,14,15). The number of aliphatic hydroxyl groups is 1. The molecule has 96 valence electrons. The second-order valence-electron chi connectivity index (χ2n) is 5.03. The van der Waals surface area contributed by atoms with Crippen molar-refractivity contribution in [1.82, 2.24) is 14.6 Å². The number of hydrogen-bond acceptors (Lipinski definition) is 4. The van der Waals surface area contributed by atoms with E-state index >= 15 is 0 Å². The quantitative estimate of drug-likeness (QED) is 0.863. The molecule has 5 nitrogen and oxygen atoms in total. The molecule has 0 spiro atoms. The highest BCUT2D eigenvalue weighted by Crippen LogP contribution is 2.26. The Balaban J connectivity index is 1.78. The van der Waals surface area contributed by atoms with Crippen LogP contribution in [0.2, 0.25) is 0 Å². The zero-order valence-electron chi connectivity index (χ0n) is 10.5. The van der Waals surface area contributed by atoms with Gasteiger partial charge in [0.1, 0.15) is 5.52 Å². The van der Waals surface area contributed by atoms with Gasteiger partial charge in [-0.2, -0.15) is 5.10 Å². The zero-order valence-corrected chi connectivity index (χ0v) is 10.5. The van der Waals surface area contributed by atoms with E-state index in [0.717, 1.165) is 42.8 Å². The van der Waals surface area contributed by atoms with Crippen molar-refractivity contribution in [2.45, 2.75) is 32.3 Å². The van der Waals surface area contributed by atoms with Crippen molar-refractivity contribution >= 4 is 11.3 Å². The van der Waals surface area contributed by atoms with Crippen LogP contribution in [0.25, 0.3) is 5.52 Å². The van der Waals surface area contributed by atoms with Gasteiger partial charge in [0.15, 0.2) is 5.82 Å². The fourth-order valence-electron chi connectivity index (χ4n) is 2.66. The van der Waals surface area contributed by atoms with Crippen LogP contribution in [0, 0.1) is 12.8 Å². The summed E-state index contributed by atoms with van der Waals surface area (Å²) in [4.78, 5) is 4.35. The number of fused-ring (bicyclic) bond motifs is 1. The molecule has 2 heterocycles. The van der Waals surface area contributed by atoms with Crippen molar-refractivity contribution in [2.75, 3.05) is 11.9 Å². The molecule has 2 aromatic heterocycles. The molecule has 5 heteroatoms. The normalized spacial score (nSPS) is 23.7. The third-order valence-electron chi connectivity index (χ3n) is 3.66. The predicted octanol–water partition coefficient (Wildman–Crippen LogP) is 1.61. The van der Waals surface area contributed by atoms with Gasteiger partial charge < -0.3 is 10.4 Å². The molecule has 2 unspecified atom stereocenters. The smallest absolute Gasteiger partial charge is 0.152 e. The number of aliphatic hydroxyl groups excluding tert-OH is 1. The van der Waals surface area contributed by atoms with Crippen LogP contribution >= 0.6 is 0 Å². The second kappa shape index (κ2) is 4.57. The molecular formula is C13H18N4O. The maximum Gasteiger partial charge on any atom is 0.152 e. The van der Waals surface area contributed by atoms with Crippen molar-refractivity contribution in [3.05, 3.63) is 24.2 Å². The summed E-state index contributed by atoms with van der Waals surface area (Å²) in [5, 5.41) is 17.5. The van der Waals surface area contributed by atoms with Crippen molar-refractivity contribution in [3.63, 3.8) is 0 Å². The molecule has 0 saturated heterocycles. The summed E-state index contributed by atoms with van der Waals surface area (Å²) in [5.41, 5.74) is 1.97. The van der Waals surface area contributed by atoms with Crippen molar-refractivity contribution in [2.24, 2.45) is 5.92 Å². The Kier molecular flexibility index (Phi) is 2.91. The largest absolute Gasteiger partial charge is 0.393 e. The third-order valence-corrected chi connectivity index (χ3v) is 3.66. The molecule has 0 aliphatic heterocycles. The lowest BCUT2D eigenvalue weighted by Gasteiger charge is -2.15. The summed E-state index contributed by atoms with van der Waals surface area (Å²) >= 11 is 0. The molecule has 0 radical (unpaired) electrons. The van der Waals surface area contributed by atoms with Gasteiger partial charge in [-0.25, -0.2) is 9.50 Å². The first-order valence-electron chi connectivity index (χ1n) is 6.47. The molecule has 3 rings (SSSR count). The Morgan fingerprint density at radius 1 is 1.50 bits per heavy atom. The van der Waals surface area contributed by atoms with Crippen molar-refractivity contribution in [3.8, 4) is 0 Å². The highest BCUT2D eigenvalue weighted by molar-refractivity contribution is 5.67. The van der Waals surface area contributed by atoms with Crippen LogP contribution in [0.3, 0.4) is 0 Å². The summed E-state index contributed by atoms with van der Waals surface area (Å²) in [6.07, 6.45) is 6.57. The van der Waals surface area contributed by atoms with E-state index < -0.39 is 0 Å². The molecule has 1 aliphatic rings. The SMILES string of the molecule is Cc1cc2c(NCC3CCCC3O)nccn2n1. The lowest BCUT2D eigenvalue weighted by molar-refractivity contribution is 0.138. The van der Waals surface area contributed by atoms with Gasteiger partial charge in [-0.1, -0.05) is 6.42 Å². The van der Waals surface area contributed by atoms with E-state index in [1.165, 1.54) is 0 Å². The Hall–Kier alpha value is -1.62. The summed E-state index contributed by atoms with van der Waals surface area (Å²) in [7, 11) is 0. The van der Waals surface area contributed by atoms with E-state index in [0.29, 0.717) is 5.92 Å². The van der Waals surface area contributed by atoms with Crippen LogP contribution in [0.15, 0.2) is 18.5 Å². The molecule has 2 N–H and O–H groups in total. The molecule has 1 aliphatic carbocycles. The van der Waals surface area contributed by atoms with Crippen LogP contribution in [0.4, 0.5) is 5.82 Å². The minimum atomic E-state index is -0.163. The van der Waals surface area contributed by atoms with Gasteiger partial charge in [-0.3, -0.25) is 0 Å². The monoisotopic (exact) mass is 246 g/mol. The number of nitrogens with zero attached hydrogens (tertiary/aromatic N) is 3. The predicted molar refractivity (Wildman–Crippen MR) is 69.6 cm³/mol. The maximum atomic E-state index is 9.81. The topological polar surface area (TPSA) is 62.5 Å². The molecule has 0 amide bonds. The average Bonchev–Trinajstić information content (AvgIpc) is 2.91. The zero-order chi connectivity index (χ0) is 12.5. The van der Waals surface area contributed by atoms with E-state index in [2.05, 4.69) is 15.4 Å². The van der Waals surface area contributed by atoms with Gasteiger partial charge in [0.2, 0.25) is 0 Å². The molecule has 2 atom stereocenters. The minimum Gasteiger partial charge on any atom is -0.393 e. The Morgan fingerprint density at radius 3 is 3.17 bits per heavy atom. The first-order chi connectivity index (χ1) is 8.74. The van der Waals surface area contributed by atoms with Crippen LogP contribution < -0.4 is 5.32 Å². The van der Waals surface area contributed by atoms with E-state index in [1.54, 1.807) is 6.20 Å². The van der Waals surface area contributed by atoms with E-state index in [-0.39, 0.29) is 6.10 Å². The average molecular weight is 246 g/mol. The van der Waals surface area contributed by atoms with E-state index in [1.807, 2.05) is 23.7 Å². The first-order valence-corrected chi connectivity index (χ1v) is 6.47. The summed E-state index contributed by atoms with van der Waals surface area (Å²) in [6, 6.07) is 2.01. The van der Waals surface area contributed by atoms with Crippen LogP contribution in [-0.2, 0) is 0 Å². The molecule has 0 aromatic carbocycles. The molecule has 0 bridgehead atoms. The highest BCUT2D eigenvalue weighted by atomic mass is 16.3. The summed E-state index contributed by atoms with van der Waals surface area (Å²) in [6.45, 7) is 2.75. The molecule has 1 fully saturated rings. The number of anilines is 1. The Morgan fingerprint density at radius 2 is 2.39 bits per heavy atom. The van der Waals surface area contributed by atoms with Gasteiger partial charge in [-0.15, -0.1) is 0 Å². The van der Waals surface area contributed by atoms with Gasteiger partial charge in [0.25, 0.3) is 0 Å². The third kappa shape index (κ3) is 2.06. The molecule has 18 heavy (non-hydrogen) atoms. The van der Waals surface area contributed by atoms with Gasteiger partial charge in [0, 0.05) is 24.9 Å².